The van der Waals surface area contributed by atoms with Gasteiger partial charge in [0.25, 0.3) is 0 Å². The number of unbranched alkanes of at least 4 members (excludes halogenated alkanes) is 9. The first-order chi connectivity index (χ1) is 10.2. The van der Waals surface area contributed by atoms with E-state index in [-0.39, 0.29) is 6.10 Å². The van der Waals surface area contributed by atoms with Crippen molar-refractivity contribution in [3.63, 3.8) is 0 Å². The quantitative estimate of drug-likeness (QED) is 0.327. The minimum atomic E-state index is -0.858. The Kier molecular flexibility index (Phi) is 14.9. The number of hydrogen-bond acceptors (Lipinski definition) is 2. The topological polar surface area (TPSA) is 57.5 Å². The number of aliphatic hydroxyl groups is 1. The van der Waals surface area contributed by atoms with Gasteiger partial charge in [0.1, 0.15) is 0 Å². The summed E-state index contributed by atoms with van der Waals surface area (Å²) in [5, 5.41) is 18.3. The highest BCUT2D eigenvalue weighted by Crippen LogP contribution is 2.13. The summed E-state index contributed by atoms with van der Waals surface area (Å²) in [5.41, 5.74) is 0. The van der Waals surface area contributed by atoms with Crippen LogP contribution >= 0.6 is 0 Å². The Balaban J connectivity index is 3.19. The van der Waals surface area contributed by atoms with E-state index >= 15 is 0 Å². The Morgan fingerprint density at radius 2 is 1.43 bits per heavy atom. The summed E-state index contributed by atoms with van der Waals surface area (Å²) in [5.74, 6) is -0.858. The van der Waals surface area contributed by atoms with Crippen LogP contribution in [-0.2, 0) is 4.79 Å². The second kappa shape index (κ2) is 15.6. The fourth-order valence-electron chi connectivity index (χ4n) is 2.48. The lowest BCUT2D eigenvalue weighted by Crippen LogP contribution is -2.05. The molecule has 3 nitrogen and oxygen atoms in total. The highest BCUT2D eigenvalue weighted by atomic mass is 16.4. The van der Waals surface area contributed by atoms with E-state index in [4.69, 9.17) is 5.11 Å². The van der Waals surface area contributed by atoms with Crippen LogP contribution < -0.4 is 0 Å². The minimum absolute atomic E-state index is 0.0944. The Hall–Kier alpha value is -0.830. The van der Waals surface area contributed by atoms with Crippen molar-refractivity contribution >= 4 is 5.97 Å². The first-order valence-electron chi connectivity index (χ1n) is 8.74. The van der Waals surface area contributed by atoms with Crippen molar-refractivity contribution in [2.24, 2.45) is 0 Å². The molecular weight excluding hydrogens is 264 g/mol. The van der Waals surface area contributed by atoms with Crippen LogP contribution in [0.5, 0.6) is 0 Å². The molecule has 0 spiro atoms. The van der Waals surface area contributed by atoms with E-state index < -0.39 is 5.97 Å². The third-order valence-electron chi connectivity index (χ3n) is 3.81. The average Bonchev–Trinajstić information content (AvgIpc) is 2.45. The molecule has 2 N–H and O–H groups in total. The molecule has 1 atom stereocenters. The van der Waals surface area contributed by atoms with Gasteiger partial charge in [-0.2, -0.15) is 0 Å². The van der Waals surface area contributed by atoms with Crippen LogP contribution in [0.15, 0.2) is 12.2 Å². The van der Waals surface area contributed by atoms with Crippen LogP contribution in [0.2, 0.25) is 0 Å². The SMILES string of the molecule is CCCCCCC(O)CCCCCCCC/C=C/C(=O)O. The van der Waals surface area contributed by atoms with Crippen LogP contribution in [-0.4, -0.2) is 22.3 Å². The molecule has 0 saturated carbocycles. The molecule has 0 bridgehead atoms. The molecule has 0 heterocycles. The molecule has 0 amide bonds. The number of carbonyl (C=O) groups is 1. The monoisotopic (exact) mass is 298 g/mol. The molecule has 3 heteroatoms. The van der Waals surface area contributed by atoms with Crippen molar-refractivity contribution in [1.29, 1.82) is 0 Å². The molecule has 0 aromatic rings. The maximum absolute atomic E-state index is 10.3. The van der Waals surface area contributed by atoms with E-state index in [0.717, 1.165) is 32.1 Å². The van der Waals surface area contributed by atoms with Gasteiger partial charge in [-0.25, -0.2) is 4.79 Å². The molecule has 0 saturated heterocycles. The zero-order valence-corrected chi connectivity index (χ0v) is 13.7. The zero-order chi connectivity index (χ0) is 15.8. The lowest BCUT2D eigenvalue weighted by atomic mass is 10.0. The maximum atomic E-state index is 10.3. The van der Waals surface area contributed by atoms with Gasteiger partial charge in [-0.1, -0.05) is 70.8 Å². The van der Waals surface area contributed by atoms with Gasteiger partial charge in [-0.05, 0) is 25.7 Å². The van der Waals surface area contributed by atoms with Crippen molar-refractivity contribution in [2.45, 2.75) is 96.5 Å². The van der Waals surface area contributed by atoms with Gasteiger partial charge in [0.15, 0.2) is 0 Å². The van der Waals surface area contributed by atoms with Crippen LogP contribution in [0, 0.1) is 0 Å². The fourth-order valence-corrected chi connectivity index (χ4v) is 2.48. The van der Waals surface area contributed by atoms with Crippen molar-refractivity contribution < 1.29 is 15.0 Å². The lowest BCUT2D eigenvalue weighted by molar-refractivity contribution is -0.131. The van der Waals surface area contributed by atoms with Gasteiger partial charge in [0.2, 0.25) is 0 Å². The Morgan fingerprint density at radius 1 is 0.905 bits per heavy atom. The van der Waals surface area contributed by atoms with E-state index in [2.05, 4.69) is 6.92 Å². The van der Waals surface area contributed by atoms with E-state index in [0.29, 0.717) is 0 Å². The summed E-state index contributed by atoms with van der Waals surface area (Å²) in [7, 11) is 0. The van der Waals surface area contributed by atoms with Gasteiger partial charge in [0, 0.05) is 6.08 Å². The van der Waals surface area contributed by atoms with Crippen LogP contribution in [0.1, 0.15) is 90.4 Å². The summed E-state index contributed by atoms with van der Waals surface area (Å²) in [4.78, 5) is 10.3. The smallest absolute Gasteiger partial charge is 0.327 e. The molecule has 124 valence electrons. The average molecular weight is 298 g/mol. The molecular formula is C18H34O3. The Bertz CT molecular complexity index is 261. The van der Waals surface area contributed by atoms with Crippen LogP contribution in [0.25, 0.3) is 0 Å². The number of carboxylic acids is 1. The first kappa shape index (κ1) is 20.2. The van der Waals surface area contributed by atoms with Gasteiger partial charge in [0.05, 0.1) is 6.10 Å². The number of aliphatic carboxylic acids is 1. The maximum Gasteiger partial charge on any atom is 0.327 e. The van der Waals surface area contributed by atoms with E-state index in [1.54, 1.807) is 6.08 Å². The number of allylic oxidation sites excluding steroid dienone is 1. The lowest BCUT2D eigenvalue weighted by Gasteiger charge is -2.09. The molecule has 21 heavy (non-hydrogen) atoms. The number of carboxylic acid groups (broad SMARTS) is 1. The molecule has 1 unspecified atom stereocenters. The fraction of sp³-hybridized carbons (Fsp3) is 0.833. The van der Waals surface area contributed by atoms with Crippen molar-refractivity contribution in [3.8, 4) is 0 Å². The second-order valence-corrected chi connectivity index (χ2v) is 5.94. The molecule has 0 aromatic heterocycles. The molecule has 0 aliphatic rings. The highest BCUT2D eigenvalue weighted by molar-refractivity contribution is 5.79. The second-order valence-electron chi connectivity index (χ2n) is 5.94. The third kappa shape index (κ3) is 17.1. The number of hydrogen-bond donors (Lipinski definition) is 2. The normalized spacial score (nSPS) is 12.9. The molecule has 0 fully saturated rings. The Morgan fingerprint density at radius 3 is 2.00 bits per heavy atom. The van der Waals surface area contributed by atoms with E-state index in [9.17, 15) is 9.90 Å². The summed E-state index contributed by atoms with van der Waals surface area (Å²) in [6.45, 7) is 2.21. The summed E-state index contributed by atoms with van der Waals surface area (Å²) >= 11 is 0. The largest absolute Gasteiger partial charge is 0.478 e. The predicted molar refractivity (Wildman–Crippen MR) is 88.5 cm³/mol. The van der Waals surface area contributed by atoms with E-state index in [1.807, 2.05) is 0 Å². The first-order valence-corrected chi connectivity index (χ1v) is 8.74. The zero-order valence-electron chi connectivity index (χ0n) is 13.7. The van der Waals surface area contributed by atoms with Crippen molar-refractivity contribution in [1.82, 2.24) is 0 Å². The van der Waals surface area contributed by atoms with Gasteiger partial charge < -0.3 is 10.2 Å². The minimum Gasteiger partial charge on any atom is -0.478 e. The summed E-state index contributed by atoms with van der Waals surface area (Å²) < 4.78 is 0. The summed E-state index contributed by atoms with van der Waals surface area (Å²) in [6, 6.07) is 0. The van der Waals surface area contributed by atoms with Crippen LogP contribution in [0.4, 0.5) is 0 Å². The van der Waals surface area contributed by atoms with Gasteiger partial charge >= 0.3 is 5.97 Å². The number of aliphatic hydroxyl groups excluding tert-OH is 1. The Labute approximate surface area is 130 Å². The highest BCUT2D eigenvalue weighted by Gasteiger charge is 2.03. The van der Waals surface area contributed by atoms with Crippen molar-refractivity contribution in [3.05, 3.63) is 12.2 Å². The predicted octanol–water partition coefficient (Wildman–Crippen LogP) is 5.08. The van der Waals surface area contributed by atoms with Gasteiger partial charge in [-0.15, -0.1) is 0 Å². The molecule has 0 aliphatic carbocycles. The molecule has 0 aromatic carbocycles. The summed E-state index contributed by atoms with van der Waals surface area (Å²) in [6.07, 6.45) is 17.6. The van der Waals surface area contributed by atoms with Crippen molar-refractivity contribution in [2.75, 3.05) is 0 Å². The number of rotatable bonds is 15. The van der Waals surface area contributed by atoms with E-state index in [1.165, 1.54) is 57.4 Å². The van der Waals surface area contributed by atoms with Crippen LogP contribution in [0.3, 0.4) is 0 Å². The molecule has 0 aliphatic heterocycles. The molecule has 0 rings (SSSR count). The standard InChI is InChI=1S/C18H34O3/c1-2-3-4-11-14-17(19)15-12-9-7-5-6-8-10-13-16-18(20)21/h13,16-17,19H,2-12,14-15H2,1H3,(H,20,21)/b16-13+. The third-order valence-corrected chi connectivity index (χ3v) is 3.81. The van der Waals surface area contributed by atoms with Gasteiger partial charge in [-0.3, -0.25) is 0 Å². The molecule has 0 radical (unpaired) electrons.